The highest BCUT2D eigenvalue weighted by Gasteiger charge is 2.08. The molecule has 0 nitrogen and oxygen atoms in total. The molecular formula is C10H17Br. The molecule has 0 bridgehead atoms. The van der Waals surface area contributed by atoms with Crippen molar-refractivity contribution in [3.63, 3.8) is 0 Å². The second-order valence-corrected chi connectivity index (χ2v) is 4.10. The van der Waals surface area contributed by atoms with Crippen molar-refractivity contribution < 1.29 is 0 Å². The number of hydrogen-bond acceptors (Lipinski definition) is 0. The Hall–Kier alpha value is 0.220. The van der Waals surface area contributed by atoms with Crippen molar-refractivity contribution in [3.05, 3.63) is 12.2 Å². The lowest BCUT2D eigenvalue weighted by Crippen LogP contribution is -2.02. The van der Waals surface area contributed by atoms with E-state index in [9.17, 15) is 0 Å². The summed E-state index contributed by atoms with van der Waals surface area (Å²) in [7, 11) is 0. The molecule has 0 aromatic rings. The van der Waals surface area contributed by atoms with E-state index in [0.29, 0.717) is 0 Å². The second kappa shape index (κ2) is 5.82. The molecule has 0 amide bonds. The highest BCUT2D eigenvalue weighted by Crippen LogP contribution is 2.24. The second-order valence-electron chi connectivity index (χ2n) is 3.30. The first-order valence-electron chi connectivity index (χ1n) is 4.66. The van der Waals surface area contributed by atoms with Crippen molar-refractivity contribution in [2.24, 2.45) is 5.92 Å². The largest absolute Gasteiger partial charge is 0.0925 e. The highest BCUT2D eigenvalue weighted by atomic mass is 79.9. The van der Waals surface area contributed by atoms with Crippen LogP contribution in [0.2, 0.25) is 0 Å². The number of allylic oxidation sites excluding steroid dienone is 2. The lowest BCUT2D eigenvalue weighted by atomic mass is 9.89. The Morgan fingerprint density at radius 3 is 2.55 bits per heavy atom. The molecule has 64 valence electrons. The maximum Gasteiger partial charge on any atom is 0.00659 e. The van der Waals surface area contributed by atoms with Gasteiger partial charge in [-0.3, -0.25) is 0 Å². The zero-order valence-electron chi connectivity index (χ0n) is 7.06. The van der Waals surface area contributed by atoms with Gasteiger partial charge in [-0.15, -0.1) is 0 Å². The van der Waals surface area contributed by atoms with E-state index < -0.39 is 0 Å². The molecule has 0 aliphatic heterocycles. The van der Waals surface area contributed by atoms with Crippen molar-refractivity contribution in [1.82, 2.24) is 0 Å². The van der Waals surface area contributed by atoms with Crippen LogP contribution in [0.1, 0.15) is 38.5 Å². The predicted molar refractivity (Wildman–Crippen MR) is 54.1 cm³/mol. The van der Waals surface area contributed by atoms with Gasteiger partial charge in [0.05, 0.1) is 0 Å². The van der Waals surface area contributed by atoms with Crippen LogP contribution in [0.15, 0.2) is 12.2 Å². The molecule has 1 rings (SSSR count). The van der Waals surface area contributed by atoms with Crippen molar-refractivity contribution in [2.75, 3.05) is 5.33 Å². The van der Waals surface area contributed by atoms with Crippen molar-refractivity contribution in [1.29, 1.82) is 0 Å². The first kappa shape index (κ1) is 9.31. The van der Waals surface area contributed by atoms with Crippen LogP contribution in [0.25, 0.3) is 0 Å². The topological polar surface area (TPSA) is 0 Å². The third-order valence-corrected chi connectivity index (χ3v) is 2.79. The molecule has 1 heteroatoms. The Morgan fingerprint density at radius 2 is 1.91 bits per heavy atom. The average molecular weight is 217 g/mol. The van der Waals surface area contributed by atoms with Gasteiger partial charge in [0.25, 0.3) is 0 Å². The third kappa shape index (κ3) is 3.95. The Kier molecular flexibility index (Phi) is 4.92. The molecule has 1 aliphatic rings. The van der Waals surface area contributed by atoms with Crippen LogP contribution in [-0.4, -0.2) is 5.33 Å². The minimum atomic E-state index is 0.905. The van der Waals surface area contributed by atoms with Crippen LogP contribution in [-0.2, 0) is 0 Å². The molecule has 0 N–H and O–H groups in total. The summed E-state index contributed by atoms with van der Waals surface area (Å²) in [6.45, 7) is 0. The lowest BCUT2D eigenvalue weighted by molar-refractivity contribution is 0.419. The van der Waals surface area contributed by atoms with Crippen molar-refractivity contribution in [3.8, 4) is 0 Å². The van der Waals surface area contributed by atoms with Crippen LogP contribution >= 0.6 is 15.9 Å². The van der Waals surface area contributed by atoms with Gasteiger partial charge < -0.3 is 0 Å². The smallest absolute Gasteiger partial charge is 0.00659 e. The van der Waals surface area contributed by atoms with Crippen molar-refractivity contribution in [2.45, 2.75) is 38.5 Å². The summed E-state index contributed by atoms with van der Waals surface area (Å²) in [5.41, 5.74) is 0. The van der Waals surface area contributed by atoms with Crippen molar-refractivity contribution >= 4 is 15.9 Å². The highest BCUT2D eigenvalue weighted by molar-refractivity contribution is 9.09. The standard InChI is InChI=1S/C10H17Br/c11-9-5-4-8-10-6-2-1-3-7-10/h4,8,10H,1-3,5-7,9H2/b8-4+. The molecular weight excluding hydrogens is 200 g/mol. The van der Waals surface area contributed by atoms with Gasteiger partial charge in [-0.25, -0.2) is 0 Å². The number of hydrogen-bond donors (Lipinski definition) is 0. The van der Waals surface area contributed by atoms with Gasteiger partial charge in [-0.1, -0.05) is 47.3 Å². The summed E-state index contributed by atoms with van der Waals surface area (Å²) in [5, 5.41) is 1.11. The van der Waals surface area contributed by atoms with Crippen LogP contribution in [0.4, 0.5) is 0 Å². The minimum Gasteiger partial charge on any atom is -0.0925 e. The first-order chi connectivity index (χ1) is 5.43. The molecule has 0 spiro atoms. The number of rotatable bonds is 3. The summed E-state index contributed by atoms with van der Waals surface area (Å²) >= 11 is 3.42. The summed E-state index contributed by atoms with van der Waals surface area (Å²) < 4.78 is 0. The van der Waals surface area contributed by atoms with Crippen LogP contribution in [0, 0.1) is 5.92 Å². The van der Waals surface area contributed by atoms with Crippen LogP contribution < -0.4 is 0 Å². The van der Waals surface area contributed by atoms with E-state index in [-0.39, 0.29) is 0 Å². The van der Waals surface area contributed by atoms with E-state index in [0.717, 1.165) is 11.2 Å². The van der Waals surface area contributed by atoms with Gasteiger partial charge in [-0.05, 0) is 25.2 Å². The summed E-state index contributed by atoms with van der Waals surface area (Å²) in [5.74, 6) is 0.905. The van der Waals surface area contributed by atoms with E-state index in [1.165, 1.54) is 38.5 Å². The Bertz CT molecular complexity index is 112. The molecule has 0 saturated heterocycles. The Labute approximate surface area is 78.2 Å². The molecule has 0 aromatic carbocycles. The molecule has 0 unspecified atom stereocenters. The number of alkyl halides is 1. The molecule has 0 heterocycles. The first-order valence-corrected chi connectivity index (χ1v) is 5.78. The molecule has 11 heavy (non-hydrogen) atoms. The van der Waals surface area contributed by atoms with Gasteiger partial charge in [0.2, 0.25) is 0 Å². The van der Waals surface area contributed by atoms with E-state index in [1.54, 1.807) is 0 Å². The summed E-state index contributed by atoms with van der Waals surface area (Å²) in [6, 6.07) is 0. The molecule has 0 atom stereocenters. The van der Waals surface area contributed by atoms with E-state index in [4.69, 9.17) is 0 Å². The fourth-order valence-corrected chi connectivity index (χ4v) is 1.94. The minimum absolute atomic E-state index is 0.905. The molecule has 1 saturated carbocycles. The van der Waals surface area contributed by atoms with Gasteiger partial charge in [0.15, 0.2) is 0 Å². The van der Waals surface area contributed by atoms with Crippen LogP contribution in [0.3, 0.4) is 0 Å². The summed E-state index contributed by atoms with van der Waals surface area (Å²) in [4.78, 5) is 0. The maximum atomic E-state index is 3.42. The van der Waals surface area contributed by atoms with Gasteiger partial charge in [0, 0.05) is 5.33 Å². The molecule has 0 radical (unpaired) electrons. The predicted octanol–water partition coefficient (Wildman–Crippen LogP) is 3.91. The zero-order valence-corrected chi connectivity index (χ0v) is 8.65. The molecule has 1 fully saturated rings. The monoisotopic (exact) mass is 216 g/mol. The molecule has 0 aromatic heterocycles. The van der Waals surface area contributed by atoms with Gasteiger partial charge >= 0.3 is 0 Å². The summed E-state index contributed by atoms with van der Waals surface area (Å²) in [6.07, 6.45) is 13.1. The molecule has 1 aliphatic carbocycles. The lowest BCUT2D eigenvalue weighted by Gasteiger charge is -2.17. The van der Waals surface area contributed by atoms with Gasteiger partial charge in [-0.2, -0.15) is 0 Å². The normalized spacial score (nSPS) is 21.2. The van der Waals surface area contributed by atoms with E-state index in [1.807, 2.05) is 0 Å². The Balaban J connectivity index is 2.13. The maximum absolute atomic E-state index is 3.42. The van der Waals surface area contributed by atoms with E-state index >= 15 is 0 Å². The van der Waals surface area contributed by atoms with E-state index in [2.05, 4.69) is 28.1 Å². The average Bonchev–Trinajstić information content (AvgIpc) is 2.07. The van der Waals surface area contributed by atoms with Gasteiger partial charge in [0.1, 0.15) is 0 Å². The Morgan fingerprint density at radius 1 is 1.18 bits per heavy atom. The van der Waals surface area contributed by atoms with Crippen LogP contribution in [0.5, 0.6) is 0 Å². The fourth-order valence-electron chi connectivity index (χ4n) is 1.68. The fraction of sp³-hybridized carbons (Fsp3) is 0.800. The number of halogens is 1. The quantitative estimate of drug-likeness (QED) is 0.496. The third-order valence-electron chi connectivity index (χ3n) is 2.33. The SMILES string of the molecule is BrCC/C=C/C1CCCCC1. The zero-order chi connectivity index (χ0) is 7.94.